The van der Waals surface area contributed by atoms with E-state index in [0.717, 1.165) is 30.5 Å². The Balaban J connectivity index is 1.82. The first-order valence-electron chi connectivity index (χ1n) is 7.41. The maximum Gasteiger partial charge on any atom is 0.159 e. The van der Waals surface area contributed by atoms with Crippen LogP contribution in [0.5, 0.6) is 0 Å². The zero-order chi connectivity index (χ0) is 14.7. The number of anilines is 4. The topological polar surface area (TPSA) is 67.1 Å². The zero-order valence-corrected chi connectivity index (χ0v) is 12.3. The second kappa shape index (κ2) is 5.99. The van der Waals surface area contributed by atoms with Gasteiger partial charge in [0.25, 0.3) is 0 Å². The molecular formula is C16H21N5. The van der Waals surface area contributed by atoms with Crippen molar-refractivity contribution in [2.24, 2.45) is 5.92 Å². The number of para-hydroxylation sites is 1. The molecule has 0 spiro atoms. The van der Waals surface area contributed by atoms with Crippen LogP contribution in [0, 0.1) is 5.92 Å². The molecule has 3 rings (SSSR count). The lowest BCUT2D eigenvalue weighted by Gasteiger charge is -2.32. The predicted molar refractivity (Wildman–Crippen MR) is 86.8 cm³/mol. The van der Waals surface area contributed by atoms with E-state index in [1.165, 1.54) is 12.8 Å². The Morgan fingerprint density at radius 1 is 1.14 bits per heavy atom. The second-order valence-corrected chi connectivity index (χ2v) is 5.62. The van der Waals surface area contributed by atoms with Crippen molar-refractivity contribution < 1.29 is 0 Å². The summed E-state index contributed by atoms with van der Waals surface area (Å²) in [7, 11) is 0. The van der Waals surface area contributed by atoms with Gasteiger partial charge in [-0.3, -0.25) is 0 Å². The van der Waals surface area contributed by atoms with E-state index in [2.05, 4.69) is 27.1 Å². The molecule has 21 heavy (non-hydrogen) atoms. The third kappa shape index (κ3) is 3.07. The first-order chi connectivity index (χ1) is 10.2. The molecule has 0 radical (unpaired) electrons. The van der Waals surface area contributed by atoms with Gasteiger partial charge in [-0.25, -0.2) is 9.97 Å². The van der Waals surface area contributed by atoms with E-state index in [-0.39, 0.29) is 0 Å². The molecule has 1 aliphatic heterocycles. The lowest BCUT2D eigenvalue weighted by Crippen LogP contribution is -2.34. The van der Waals surface area contributed by atoms with E-state index in [1.807, 2.05) is 30.3 Å². The van der Waals surface area contributed by atoms with Gasteiger partial charge < -0.3 is 16.0 Å². The number of benzene rings is 1. The van der Waals surface area contributed by atoms with Crippen molar-refractivity contribution in [3.05, 3.63) is 36.7 Å². The lowest BCUT2D eigenvalue weighted by atomic mass is 9.99. The van der Waals surface area contributed by atoms with Crippen LogP contribution in [0.25, 0.3) is 0 Å². The molecule has 0 amide bonds. The Morgan fingerprint density at radius 2 is 1.86 bits per heavy atom. The van der Waals surface area contributed by atoms with Crippen LogP contribution < -0.4 is 16.0 Å². The molecule has 0 atom stereocenters. The molecule has 1 aromatic carbocycles. The fourth-order valence-electron chi connectivity index (χ4n) is 2.62. The third-order valence-electron chi connectivity index (χ3n) is 3.98. The molecular weight excluding hydrogens is 262 g/mol. The lowest BCUT2D eigenvalue weighted by molar-refractivity contribution is 0.437. The van der Waals surface area contributed by atoms with Crippen molar-refractivity contribution in [1.29, 1.82) is 0 Å². The average molecular weight is 283 g/mol. The minimum absolute atomic E-state index is 0.621. The van der Waals surface area contributed by atoms with Crippen LogP contribution in [0.1, 0.15) is 19.8 Å². The highest BCUT2D eigenvalue weighted by molar-refractivity contribution is 5.78. The normalized spacial score (nSPS) is 16.0. The monoisotopic (exact) mass is 283 g/mol. The van der Waals surface area contributed by atoms with Gasteiger partial charge >= 0.3 is 0 Å². The molecule has 0 bridgehead atoms. The highest BCUT2D eigenvalue weighted by Gasteiger charge is 2.20. The van der Waals surface area contributed by atoms with E-state index in [0.29, 0.717) is 11.5 Å². The highest BCUT2D eigenvalue weighted by atomic mass is 15.2. The number of aromatic nitrogens is 2. The predicted octanol–water partition coefficient (Wildman–Crippen LogP) is 3.04. The van der Waals surface area contributed by atoms with E-state index < -0.39 is 0 Å². The molecule has 1 aliphatic rings. The van der Waals surface area contributed by atoms with Gasteiger partial charge in [0, 0.05) is 18.8 Å². The molecule has 1 aromatic heterocycles. The molecule has 0 saturated carbocycles. The first kappa shape index (κ1) is 13.7. The standard InChI is InChI=1S/C16H21N5/c1-12-7-9-21(10-8-12)16-14(17)15(18-11-19-16)20-13-5-3-2-4-6-13/h2-6,11-12H,7-10,17H2,1H3,(H,18,19,20). The van der Waals surface area contributed by atoms with Crippen molar-refractivity contribution in [3.63, 3.8) is 0 Å². The smallest absolute Gasteiger partial charge is 0.159 e. The minimum atomic E-state index is 0.621. The Morgan fingerprint density at radius 3 is 2.57 bits per heavy atom. The van der Waals surface area contributed by atoms with Crippen LogP contribution in [0.2, 0.25) is 0 Å². The molecule has 2 aromatic rings. The molecule has 5 heteroatoms. The van der Waals surface area contributed by atoms with Crippen molar-refractivity contribution in [2.75, 3.05) is 29.0 Å². The summed E-state index contributed by atoms with van der Waals surface area (Å²) in [6, 6.07) is 9.92. The van der Waals surface area contributed by atoms with Crippen LogP contribution in [-0.2, 0) is 0 Å². The number of nitrogen functional groups attached to an aromatic ring is 1. The largest absolute Gasteiger partial charge is 0.393 e. The van der Waals surface area contributed by atoms with Gasteiger partial charge in [0.05, 0.1) is 0 Å². The van der Waals surface area contributed by atoms with Crippen LogP contribution in [0.4, 0.5) is 23.0 Å². The Labute approximate surface area is 125 Å². The number of hydrogen-bond donors (Lipinski definition) is 2. The van der Waals surface area contributed by atoms with Crippen LogP contribution in [0.15, 0.2) is 36.7 Å². The minimum Gasteiger partial charge on any atom is -0.393 e. The second-order valence-electron chi connectivity index (χ2n) is 5.62. The van der Waals surface area contributed by atoms with E-state index in [1.54, 1.807) is 6.33 Å². The van der Waals surface area contributed by atoms with Crippen molar-refractivity contribution in [3.8, 4) is 0 Å². The molecule has 0 aliphatic carbocycles. The van der Waals surface area contributed by atoms with Gasteiger partial charge in [-0.05, 0) is 30.9 Å². The van der Waals surface area contributed by atoms with Gasteiger partial charge in [0.2, 0.25) is 0 Å². The number of nitrogens with two attached hydrogens (primary N) is 1. The first-order valence-corrected chi connectivity index (χ1v) is 7.41. The molecule has 5 nitrogen and oxygen atoms in total. The zero-order valence-electron chi connectivity index (χ0n) is 12.3. The summed E-state index contributed by atoms with van der Waals surface area (Å²) in [5, 5.41) is 3.26. The van der Waals surface area contributed by atoms with Gasteiger partial charge in [-0.1, -0.05) is 25.1 Å². The van der Waals surface area contributed by atoms with Crippen LogP contribution in [-0.4, -0.2) is 23.1 Å². The van der Waals surface area contributed by atoms with Crippen LogP contribution in [0.3, 0.4) is 0 Å². The maximum absolute atomic E-state index is 6.27. The van der Waals surface area contributed by atoms with Gasteiger partial charge in [0.1, 0.15) is 12.0 Å². The number of hydrogen-bond acceptors (Lipinski definition) is 5. The molecule has 1 saturated heterocycles. The highest BCUT2D eigenvalue weighted by Crippen LogP contribution is 2.30. The molecule has 1 fully saturated rings. The molecule has 110 valence electrons. The summed E-state index contributed by atoms with van der Waals surface area (Å²) in [5.74, 6) is 2.30. The summed E-state index contributed by atoms with van der Waals surface area (Å²) in [5.41, 5.74) is 7.86. The van der Waals surface area contributed by atoms with Crippen molar-refractivity contribution >= 4 is 23.0 Å². The number of nitrogens with zero attached hydrogens (tertiary/aromatic N) is 3. The molecule has 3 N–H and O–H groups in total. The summed E-state index contributed by atoms with van der Waals surface area (Å²) in [6.07, 6.45) is 3.95. The molecule has 2 heterocycles. The Kier molecular flexibility index (Phi) is 3.90. The van der Waals surface area contributed by atoms with Gasteiger partial charge in [-0.2, -0.15) is 0 Å². The maximum atomic E-state index is 6.27. The van der Waals surface area contributed by atoms with E-state index in [4.69, 9.17) is 5.73 Å². The van der Waals surface area contributed by atoms with Gasteiger partial charge in [0.15, 0.2) is 11.6 Å². The number of piperidine rings is 1. The van der Waals surface area contributed by atoms with E-state index >= 15 is 0 Å². The SMILES string of the molecule is CC1CCN(c2ncnc(Nc3ccccc3)c2N)CC1. The summed E-state index contributed by atoms with van der Waals surface area (Å²) in [6.45, 7) is 4.31. The van der Waals surface area contributed by atoms with Crippen molar-refractivity contribution in [1.82, 2.24) is 9.97 Å². The summed E-state index contributed by atoms with van der Waals surface area (Å²) in [4.78, 5) is 10.9. The quantitative estimate of drug-likeness (QED) is 0.906. The van der Waals surface area contributed by atoms with Gasteiger partial charge in [-0.15, -0.1) is 0 Å². The summed E-state index contributed by atoms with van der Waals surface area (Å²) >= 11 is 0. The fourth-order valence-corrected chi connectivity index (χ4v) is 2.62. The van der Waals surface area contributed by atoms with E-state index in [9.17, 15) is 0 Å². The molecule has 0 unspecified atom stereocenters. The fraction of sp³-hybridized carbons (Fsp3) is 0.375. The Bertz CT molecular complexity index is 591. The number of nitrogens with one attached hydrogen (secondary N) is 1. The Hall–Kier alpha value is -2.30. The third-order valence-corrected chi connectivity index (χ3v) is 3.98. The average Bonchev–Trinajstić information content (AvgIpc) is 2.52. The van der Waals surface area contributed by atoms with Crippen molar-refractivity contribution in [2.45, 2.75) is 19.8 Å². The number of rotatable bonds is 3. The van der Waals surface area contributed by atoms with Crippen LogP contribution >= 0.6 is 0 Å². The summed E-state index contributed by atoms with van der Waals surface area (Å²) < 4.78 is 0.